The molecule has 1 aliphatic rings. The summed E-state index contributed by atoms with van der Waals surface area (Å²) in [5.41, 5.74) is 7.73. The van der Waals surface area contributed by atoms with E-state index in [4.69, 9.17) is 10.5 Å². The predicted octanol–water partition coefficient (Wildman–Crippen LogP) is 2.81. The minimum Gasteiger partial charge on any atom is -0.446 e. The Kier molecular flexibility index (Phi) is 4.20. The van der Waals surface area contributed by atoms with Gasteiger partial charge in [-0.1, -0.05) is 12.1 Å². The Morgan fingerprint density at radius 2 is 2.28 bits per heavy atom. The summed E-state index contributed by atoms with van der Waals surface area (Å²) >= 11 is 0. The lowest BCUT2D eigenvalue weighted by Gasteiger charge is -2.26. The largest absolute Gasteiger partial charge is 0.446 e. The van der Waals surface area contributed by atoms with E-state index in [1.165, 1.54) is 0 Å². The molecule has 4 nitrogen and oxygen atoms in total. The molecule has 98 valence electrons. The fourth-order valence-corrected chi connectivity index (χ4v) is 2.31. The molecule has 0 heterocycles. The minimum atomic E-state index is -0.389. The summed E-state index contributed by atoms with van der Waals surface area (Å²) < 4.78 is 5.38. The number of carbonyl (C=O) groups is 1. The van der Waals surface area contributed by atoms with Crippen LogP contribution in [0.15, 0.2) is 24.3 Å². The number of carbonyl (C=O) groups excluding carboxylic acids is 1. The average Bonchev–Trinajstić information content (AvgIpc) is 2.28. The molecule has 0 bridgehead atoms. The summed E-state index contributed by atoms with van der Waals surface area (Å²) in [7, 11) is 0. The molecule has 0 spiro atoms. The second-order valence-corrected chi connectivity index (χ2v) is 4.95. The van der Waals surface area contributed by atoms with E-state index in [1.54, 1.807) is 0 Å². The Balaban J connectivity index is 1.85. The van der Waals surface area contributed by atoms with Gasteiger partial charge in [0.15, 0.2) is 0 Å². The Hall–Kier alpha value is -1.55. The molecule has 0 aromatic heterocycles. The van der Waals surface area contributed by atoms with Crippen LogP contribution < -0.4 is 11.1 Å². The van der Waals surface area contributed by atoms with Gasteiger partial charge in [-0.05, 0) is 50.3 Å². The van der Waals surface area contributed by atoms with Crippen LogP contribution in [-0.2, 0) is 4.74 Å². The maximum Gasteiger partial charge on any atom is 0.411 e. The molecule has 4 heteroatoms. The van der Waals surface area contributed by atoms with Crippen molar-refractivity contribution < 1.29 is 9.53 Å². The molecule has 0 aliphatic heterocycles. The molecule has 0 radical (unpaired) electrons. The van der Waals surface area contributed by atoms with Crippen LogP contribution in [0.5, 0.6) is 0 Å². The van der Waals surface area contributed by atoms with Crippen LogP contribution in [0.4, 0.5) is 10.5 Å². The highest BCUT2D eigenvalue weighted by Crippen LogP contribution is 2.20. The fraction of sp³-hybridized carbons (Fsp3) is 0.500. The Morgan fingerprint density at radius 1 is 1.44 bits per heavy atom. The zero-order valence-electron chi connectivity index (χ0n) is 10.7. The normalized spacial score (nSPS) is 23.4. The minimum absolute atomic E-state index is 0.0430. The van der Waals surface area contributed by atoms with Crippen LogP contribution in [0.25, 0.3) is 0 Å². The quantitative estimate of drug-likeness (QED) is 0.845. The van der Waals surface area contributed by atoms with E-state index in [0.29, 0.717) is 0 Å². The standard InChI is InChI=1S/C14H20N2O2/c1-10-4-2-6-12(8-10)16-14(17)18-13-7-3-5-11(15)9-13/h2,4,6,8,11,13H,3,5,7,9,15H2,1H3,(H,16,17). The van der Waals surface area contributed by atoms with Crippen LogP contribution in [0.2, 0.25) is 0 Å². The van der Waals surface area contributed by atoms with Gasteiger partial charge in [-0.2, -0.15) is 0 Å². The zero-order valence-corrected chi connectivity index (χ0v) is 10.7. The molecule has 1 aliphatic carbocycles. The van der Waals surface area contributed by atoms with Crippen molar-refractivity contribution in [1.82, 2.24) is 0 Å². The summed E-state index contributed by atoms with van der Waals surface area (Å²) in [6.45, 7) is 1.98. The molecule has 3 N–H and O–H groups in total. The van der Waals surface area contributed by atoms with Crippen molar-refractivity contribution in [3.8, 4) is 0 Å². The van der Waals surface area contributed by atoms with E-state index in [2.05, 4.69) is 5.32 Å². The summed E-state index contributed by atoms with van der Waals surface area (Å²) in [6.07, 6.45) is 3.30. The number of anilines is 1. The van der Waals surface area contributed by atoms with Crippen molar-refractivity contribution in [2.24, 2.45) is 5.73 Å². The van der Waals surface area contributed by atoms with Crippen LogP contribution >= 0.6 is 0 Å². The maximum atomic E-state index is 11.7. The summed E-state index contributed by atoms with van der Waals surface area (Å²) in [5, 5.41) is 2.74. The van der Waals surface area contributed by atoms with Crippen LogP contribution in [-0.4, -0.2) is 18.2 Å². The summed E-state index contributed by atoms with van der Waals surface area (Å²) in [6, 6.07) is 7.81. The van der Waals surface area contributed by atoms with Crippen LogP contribution in [0, 0.1) is 6.92 Å². The van der Waals surface area contributed by atoms with Gasteiger partial charge in [0.2, 0.25) is 0 Å². The molecular formula is C14H20N2O2. The lowest BCUT2D eigenvalue weighted by Crippen LogP contribution is -2.34. The van der Waals surface area contributed by atoms with Gasteiger partial charge in [0.05, 0.1) is 0 Å². The van der Waals surface area contributed by atoms with Gasteiger partial charge < -0.3 is 10.5 Å². The van der Waals surface area contributed by atoms with Gasteiger partial charge in [0.1, 0.15) is 6.10 Å². The predicted molar refractivity (Wildman–Crippen MR) is 71.5 cm³/mol. The van der Waals surface area contributed by atoms with Crippen molar-refractivity contribution in [3.05, 3.63) is 29.8 Å². The van der Waals surface area contributed by atoms with Gasteiger partial charge in [-0.3, -0.25) is 5.32 Å². The van der Waals surface area contributed by atoms with Gasteiger partial charge in [-0.15, -0.1) is 0 Å². The average molecular weight is 248 g/mol. The molecule has 2 rings (SSSR count). The highest BCUT2D eigenvalue weighted by molar-refractivity contribution is 5.84. The lowest BCUT2D eigenvalue weighted by molar-refractivity contribution is 0.0811. The molecule has 0 saturated heterocycles. The van der Waals surface area contributed by atoms with Crippen molar-refractivity contribution in [2.75, 3.05) is 5.32 Å². The first-order valence-electron chi connectivity index (χ1n) is 6.43. The first-order valence-corrected chi connectivity index (χ1v) is 6.43. The topological polar surface area (TPSA) is 64.3 Å². The lowest BCUT2D eigenvalue weighted by atomic mass is 9.94. The molecule has 1 saturated carbocycles. The number of ether oxygens (including phenoxy) is 1. The van der Waals surface area contributed by atoms with E-state index in [1.807, 2.05) is 31.2 Å². The molecule has 2 atom stereocenters. The molecule has 18 heavy (non-hydrogen) atoms. The second-order valence-electron chi connectivity index (χ2n) is 4.95. The number of aryl methyl sites for hydroxylation is 1. The highest BCUT2D eigenvalue weighted by Gasteiger charge is 2.22. The molecular weight excluding hydrogens is 228 g/mol. The molecule has 1 aromatic rings. The van der Waals surface area contributed by atoms with E-state index in [-0.39, 0.29) is 18.2 Å². The van der Waals surface area contributed by atoms with Gasteiger partial charge >= 0.3 is 6.09 Å². The van der Waals surface area contributed by atoms with Crippen molar-refractivity contribution in [2.45, 2.75) is 44.8 Å². The number of hydrogen-bond donors (Lipinski definition) is 2. The number of rotatable bonds is 2. The molecule has 1 amide bonds. The Labute approximate surface area is 108 Å². The van der Waals surface area contributed by atoms with Crippen LogP contribution in [0.3, 0.4) is 0 Å². The number of amides is 1. The molecule has 2 unspecified atom stereocenters. The molecule has 1 aromatic carbocycles. The molecule has 1 fully saturated rings. The number of hydrogen-bond acceptors (Lipinski definition) is 3. The third kappa shape index (κ3) is 3.74. The number of nitrogens with two attached hydrogens (primary N) is 1. The van der Waals surface area contributed by atoms with Gasteiger partial charge in [0.25, 0.3) is 0 Å². The first kappa shape index (κ1) is 12.9. The van der Waals surface area contributed by atoms with Crippen molar-refractivity contribution >= 4 is 11.8 Å². The van der Waals surface area contributed by atoms with E-state index < -0.39 is 0 Å². The van der Waals surface area contributed by atoms with Gasteiger partial charge in [0, 0.05) is 11.7 Å². The Bertz CT molecular complexity index is 420. The maximum absolute atomic E-state index is 11.7. The number of benzene rings is 1. The Morgan fingerprint density at radius 3 is 3.00 bits per heavy atom. The third-order valence-electron chi connectivity index (χ3n) is 3.20. The number of nitrogens with one attached hydrogen (secondary N) is 1. The summed E-state index contributed by atoms with van der Waals surface area (Å²) in [4.78, 5) is 11.7. The first-order chi connectivity index (χ1) is 8.63. The summed E-state index contributed by atoms with van der Waals surface area (Å²) in [5.74, 6) is 0. The van der Waals surface area contributed by atoms with E-state index in [9.17, 15) is 4.79 Å². The fourth-order valence-electron chi connectivity index (χ4n) is 2.31. The van der Waals surface area contributed by atoms with Crippen molar-refractivity contribution in [1.29, 1.82) is 0 Å². The monoisotopic (exact) mass is 248 g/mol. The smallest absolute Gasteiger partial charge is 0.411 e. The SMILES string of the molecule is Cc1cccc(NC(=O)OC2CCCC(N)C2)c1. The van der Waals surface area contributed by atoms with Crippen LogP contribution in [0.1, 0.15) is 31.2 Å². The van der Waals surface area contributed by atoms with Gasteiger partial charge in [-0.25, -0.2) is 4.79 Å². The van der Waals surface area contributed by atoms with E-state index in [0.717, 1.165) is 36.9 Å². The zero-order chi connectivity index (χ0) is 13.0. The third-order valence-corrected chi connectivity index (χ3v) is 3.20. The van der Waals surface area contributed by atoms with E-state index >= 15 is 0 Å². The van der Waals surface area contributed by atoms with Crippen molar-refractivity contribution in [3.63, 3.8) is 0 Å². The second kappa shape index (κ2) is 5.87. The highest BCUT2D eigenvalue weighted by atomic mass is 16.6.